The van der Waals surface area contributed by atoms with Gasteiger partial charge >= 0.3 is 0 Å². The lowest BCUT2D eigenvalue weighted by atomic mass is 10.3. The number of halogens is 2. The smallest absolute Gasteiger partial charge is 0.121 e. The van der Waals surface area contributed by atoms with Crippen molar-refractivity contribution in [2.24, 2.45) is 5.90 Å². The summed E-state index contributed by atoms with van der Waals surface area (Å²) < 4.78 is 5.23. The molecular formula is C9H11Cl2NO3. The first-order chi connectivity index (χ1) is 7.13. The molecule has 0 saturated carbocycles. The summed E-state index contributed by atoms with van der Waals surface area (Å²) in [4.78, 5) is 4.26. The summed E-state index contributed by atoms with van der Waals surface area (Å²) >= 11 is 11.5. The average molecular weight is 252 g/mol. The summed E-state index contributed by atoms with van der Waals surface area (Å²) in [5.41, 5.74) is 0. The number of nitrogens with two attached hydrogens (primary N) is 1. The first-order valence-electron chi connectivity index (χ1n) is 4.21. The van der Waals surface area contributed by atoms with Crippen LogP contribution in [-0.4, -0.2) is 24.4 Å². The maximum Gasteiger partial charge on any atom is 0.121 e. The second-order valence-corrected chi connectivity index (χ2v) is 3.69. The lowest BCUT2D eigenvalue weighted by Gasteiger charge is -2.11. The average Bonchev–Trinajstić information content (AvgIpc) is 2.20. The minimum Gasteiger partial charge on any atom is -0.491 e. The van der Waals surface area contributed by atoms with E-state index in [1.807, 2.05) is 0 Å². The second kappa shape index (κ2) is 6.15. The third kappa shape index (κ3) is 4.24. The largest absolute Gasteiger partial charge is 0.491 e. The molecule has 0 aromatic heterocycles. The molecule has 0 aliphatic rings. The molecule has 0 amide bonds. The van der Waals surface area contributed by atoms with E-state index in [1.165, 1.54) is 0 Å². The van der Waals surface area contributed by atoms with Crippen LogP contribution in [0.1, 0.15) is 0 Å². The van der Waals surface area contributed by atoms with Crippen molar-refractivity contribution in [3.63, 3.8) is 0 Å². The SMILES string of the molecule is NOCC(O)COc1ccc(Cl)c(Cl)c1. The minimum atomic E-state index is -0.774. The van der Waals surface area contributed by atoms with Crippen molar-refractivity contribution < 1.29 is 14.7 Å². The van der Waals surface area contributed by atoms with Crippen molar-refractivity contribution in [3.8, 4) is 5.75 Å². The third-order valence-corrected chi connectivity index (χ3v) is 2.36. The molecule has 0 heterocycles. The topological polar surface area (TPSA) is 64.7 Å². The highest BCUT2D eigenvalue weighted by Gasteiger charge is 2.06. The molecule has 0 fully saturated rings. The summed E-state index contributed by atoms with van der Waals surface area (Å²) in [6, 6.07) is 4.84. The summed E-state index contributed by atoms with van der Waals surface area (Å²) in [7, 11) is 0. The number of aliphatic hydroxyl groups excluding tert-OH is 1. The maximum atomic E-state index is 9.25. The molecule has 0 aliphatic heterocycles. The summed E-state index contributed by atoms with van der Waals surface area (Å²) in [5.74, 6) is 5.32. The Bertz CT molecular complexity index is 322. The molecule has 1 unspecified atom stereocenters. The Kier molecular flexibility index (Phi) is 5.14. The Balaban J connectivity index is 2.47. The van der Waals surface area contributed by atoms with Crippen LogP contribution in [-0.2, 0) is 4.84 Å². The Morgan fingerprint density at radius 2 is 2.00 bits per heavy atom. The molecule has 1 atom stereocenters. The molecule has 1 aromatic rings. The molecule has 4 nitrogen and oxygen atoms in total. The molecule has 84 valence electrons. The standard InChI is InChI=1S/C9H11Cl2NO3/c10-8-2-1-7(3-9(8)11)14-4-6(13)5-15-12/h1-3,6,13H,4-5,12H2. The van der Waals surface area contributed by atoms with Crippen molar-refractivity contribution in [3.05, 3.63) is 28.2 Å². The van der Waals surface area contributed by atoms with E-state index in [9.17, 15) is 5.11 Å². The first-order valence-corrected chi connectivity index (χ1v) is 4.96. The second-order valence-electron chi connectivity index (χ2n) is 2.87. The lowest BCUT2D eigenvalue weighted by Crippen LogP contribution is -2.25. The number of benzene rings is 1. The Morgan fingerprint density at radius 1 is 1.27 bits per heavy atom. The van der Waals surface area contributed by atoms with E-state index in [2.05, 4.69) is 4.84 Å². The van der Waals surface area contributed by atoms with E-state index in [-0.39, 0.29) is 13.2 Å². The van der Waals surface area contributed by atoms with E-state index in [1.54, 1.807) is 18.2 Å². The van der Waals surface area contributed by atoms with Gasteiger partial charge in [0.1, 0.15) is 18.5 Å². The van der Waals surface area contributed by atoms with Gasteiger partial charge in [0.15, 0.2) is 0 Å². The molecule has 0 bridgehead atoms. The number of aliphatic hydroxyl groups is 1. The van der Waals surface area contributed by atoms with Gasteiger partial charge in [0.25, 0.3) is 0 Å². The molecule has 0 saturated heterocycles. The zero-order chi connectivity index (χ0) is 11.3. The van der Waals surface area contributed by atoms with Gasteiger partial charge in [-0.2, -0.15) is 0 Å². The van der Waals surface area contributed by atoms with Crippen LogP contribution in [0.25, 0.3) is 0 Å². The van der Waals surface area contributed by atoms with Gasteiger partial charge in [-0.15, -0.1) is 0 Å². The quantitative estimate of drug-likeness (QED) is 0.781. The zero-order valence-electron chi connectivity index (χ0n) is 7.82. The normalized spacial score (nSPS) is 12.5. The van der Waals surface area contributed by atoms with Crippen LogP contribution < -0.4 is 10.6 Å². The number of ether oxygens (including phenoxy) is 1. The van der Waals surface area contributed by atoms with Gasteiger partial charge in [-0.3, -0.25) is 0 Å². The Hall–Kier alpha value is -0.520. The van der Waals surface area contributed by atoms with Gasteiger partial charge < -0.3 is 14.7 Å². The molecule has 6 heteroatoms. The predicted octanol–water partition coefficient (Wildman–Crippen LogP) is 1.62. The van der Waals surface area contributed by atoms with Crippen molar-refractivity contribution in [1.29, 1.82) is 0 Å². The van der Waals surface area contributed by atoms with Crippen LogP contribution >= 0.6 is 23.2 Å². The number of hydrogen-bond donors (Lipinski definition) is 2. The molecular weight excluding hydrogens is 241 g/mol. The van der Waals surface area contributed by atoms with Crippen LogP contribution in [0.4, 0.5) is 0 Å². The van der Waals surface area contributed by atoms with Crippen LogP contribution in [0.5, 0.6) is 5.75 Å². The highest BCUT2D eigenvalue weighted by atomic mass is 35.5. The summed E-state index contributed by atoms with van der Waals surface area (Å²) in [5, 5.41) is 10.1. The molecule has 1 aromatic carbocycles. The third-order valence-electron chi connectivity index (χ3n) is 1.62. The Labute approximate surface area is 97.4 Å². The fourth-order valence-corrected chi connectivity index (χ4v) is 1.21. The van der Waals surface area contributed by atoms with Crippen molar-refractivity contribution in [1.82, 2.24) is 0 Å². The van der Waals surface area contributed by atoms with Crippen molar-refractivity contribution >= 4 is 23.2 Å². The van der Waals surface area contributed by atoms with Crippen LogP contribution in [0, 0.1) is 0 Å². The highest BCUT2D eigenvalue weighted by molar-refractivity contribution is 6.42. The minimum absolute atomic E-state index is 0.0152. The highest BCUT2D eigenvalue weighted by Crippen LogP contribution is 2.26. The van der Waals surface area contributed by atoms with E-state index in [0.717, 1.165) is 0 Å². The van der Waals surface area contributed by atoms with Crippen molar-refractivity contribution in [2.75, 3.05) is 13.2 Å². The maximum absolute atomic E-state index is 9.25. The van der Waals surface area contributed by atoms with Gasteiger partial charge in [-0.25, -0.2) is 5.90 Å². The monoisotopic (exact) mass is 251 g/mol. The van der Waals surface area contributed by atoms with Gasteiger partial charge in [-0.1, -0.05) is 23.2 Å². The molecule has 3 N–H and O–H groups in total. The van der Waals surface area contributed by atoms with E-state index >= 15 is 0 Å². The van der Waals surface area contributed by atoms with Crippen molar-refractivity contribution in [2.45, 2.75) is 6.10 Å². The van der Waals surface area contributed by atoms with Gasteiger partial charge in [0.2, 0.25) is 0 Å². The molecule has 0 spiro atoms. The van der Waals surface area contributed by atoms with Crippen LogP contribution in [0.2, 0.25) is 10.0 Å². The predicted molar refractivity (Wildman–Crippen MR) is 58.1 cm³/mol. The first kappa shape index (κ1) is 12.5. The summed E-state index contributed by atoms with van der Waals surface area (Å²) in [6.07, 6.45) is -0.774. The fraction of sp³-hybridized carbons (Fsp3) is 0.333. The molecule has 1 rings (SSSR count). The molecule has 0 radical (unpaired) electrons. The van der Waals surface area contributed by atoms with E-state index in [4.69, 9.17) is 33.8 Å². The van der Waals surface area contributed by atoms with Gasteiger partial charge in [0, 0.05) is 6.07 Å². The number of rotatable bonds is 5. The number of hydrogen-bond acceptors (Lipinski definition) is 4. The van der Waals surface area contributed by atoms with Crippen LogP contribution in [0.15, 0.2) is 18.2 Å². The lowest BCUT2D eigenvalue weighted by molar-refractivity contribution is 0.0116. The van der Waals surface area contributed by atoms with E-state index < -0.39 is 6.10 Å². The fourth-order valence-electron chi connectivity index (χ4n) is 0.918. The molecule has 0 aliphatic carbocycles. The zero-order valence-corrected chi connectivity index (χ0v) is 9.33. The van der Waals surface area contributed by atoms with Gasteiger partial charge in [-0.05, 0) is 12.1 Å². The van der Waals surface area contributed by atoms with Crippen LogP contribution in [0.3, 0.4) is 0 Å². The van der Waals surface area contributed by atoms with E-state index in [0.29, 0.717) is 15.8 Å². The summed E-state index contributed by atoms with van der Waals surface area (Å²) in [6.45, 7) is 0.0937. The molecule has 15 heavy (non-hydrogen) atoms. The van der Waals surface area contributed by atoms with Gasteiger partial charge in [0.05, 0.1) is 16.7 Å². The Morgan fingerprint density at radius 3 is 2.60 bits per heavy atom.